The molecule has 1 saturated carbocycles. The number of furan rings is 1. The molecule has 1 fully saturated rings. The highest BCUT2D eigenvalue weighted by molar-refractivity contribution is 9.10. The summed E-state index contributed by atoms with van der Waals surface area (Å²) in [6, 6.07) is 10.9. The summed E-state index contributed by atoms with van der Waals surface area (Å²) in [6.45, 7) is 1.97. The van der Waals surface area contributed by atoms with Gasteiger partial charge in [-0.2, -0.15) is 0 Å². The van der Waals surface area contributed by atoms with E-state index in [4.69, 9.17) is 9.15 Å². The van der Waals surface area contributed by atoms with Gasteiger partial charge >= 0.3 is 0 Å². The first-order valence-corrected chi connectivity index (χ1v) is 7.71. The maximum Gasteiger partial charge on any atom is 0.129 e. The highest BCUT2D eigenvalue weighted by Gasteiger charge is 2.20. The molecule has 106 valence electrons. The summed E-state index contributed by atoms with van der Waals surface area (Å²) in [5.41, 5.74) is 2.34. The Morgan fingerprint density at radius 2 is 2.10 bits per heavy atom. The topological polar surface area (TPSA) is 34.4 Å². The van der Waals surface area contributed by atoms with E-state index in [-0.39, 0.29) is 0 Å². The molecule has 1 aromatic carbocycles. The number of halogens is 1. The summed E-state index contributed by atoms with van der Waals surface area (Å²) in [6.07, 6.45) is 4.42. The van der Waals surface area contributed by atoms with Crippen molar-refractivity contribution in [3.05, 3.63) is 58.0 Å². The highest BCUT2D eigenvalue weighted by Crippen LogP contribution is 2.20. The van der Waals surface area contributed by atoms with Crippen LogP contribution in [0.2, 0.25) is 0 Å². The molecule has 3 nitrogen and oxygen atoms in total. The average Bonchev–Trinajstić information content (AvgIpc) is 3.18. The van der Waals surface area contributed by atoms with E-state index in [9.17, 15) is 0 Å². The van der Waals surface area contributed by atoms with Crippen LogP contribution in [0.1, 0.15) is 29.7 Å². The Labute approximate surface area is 127 Å². The number of nitrogens with one attached hydrogen (secondary N) is 1. The van der Waals surface area contributed by atoms with Crippen molar-refractivity contribution in [1.82, 2.24) is 5.32 Å². The average molecular weight is 336 g/mol. The number of benzene rings is 1. The largest absolute Gasteiger partial charge is 0.467 e. The van der Waals surface area contributed by atoms with Crippen LogP contribution in [0, 0.1) is 0 Å². The van der Waals surface area contributed by atoms with Gasteiger partial charge in [0.1, 0.15) is 12.4 Å². The van der Waals surface area contributed by atoms with Gasteiger partial charge in [0.25, 0.3) is 0 Å². The smallest absolute Gasteiger partial charge is 0.129 e. The van der Waals surface area contributed by atoms with Crippen molar-refractivity contribution in [3.63, 3.8) is 0 Å². The van der Waals surface area contributed by atoms with Crippen molar-refractivity contribution in [2.24, 2.45) is 0 Å². The molecular formula is C16H18BrNO2. The minimum Gasteiger partial charge on any atom is -0.467 e. The lowest BCUT2D eigenvalue weighted by molar-refractivity contribution is 0.0926. The van der Waals surface area contributed by atoms with Gasteiger partial charge in [0.05, 0.1) is 12.9 Å². The zero-order valence-corrected chi connectivity index (χ0v) is 12.9. The van der Waals surface area contributed by atoms with Gasteiger partial charge < -0.3 is 14.5 Å². The van der Waals surface area contributed by atoms with Crippen molar-refractivity contribution in [2.45, 2.75) is 38.6 Å². The molecule has 0 unspecified atom stereocenters. The van der Waals surface area contributed by atoms with E-state index in [1.54, 1.807) is 0 Å². The van der Waals surface area contributed by atoms with E-state index in [0.717, 1.165) is 28.4 Å². The molecular weight excluding hydrogens is 318 g/mol. The van der Waals surface area contributed by atoms with Gasteiger partial charge in [-0.3, -0.25) is 0 Å². The zero-order chi connectivity index (χ0) is 13.8. The lowest BCUT2D eigenvalue weighted by Crippen LogP contribution is -2.14. The quantitative estimate of drug-likeness (QED) is 0.830. The van der Waals surface area contributed by atoms with E-state index in [0.29, 0.717) is 13.2 Å². The summed E-state index contributed by atoms with van der Waals surface area (Å²) < 4.78 is 12.3. The third-order valence-electron chi connectivity index (χ3n) is 3.34. The van der Waals surface area contributed by atoms with Crippen molar-refractivity contribution < 1.29 is 9.15 Å². The lowest BCUT2D eigenvalue weighted by atomic mass is 10.2. The minimum absolute atomic E-state index is 0.505. The molecule has 1 aliphatic carbocycles. The number of rotatable bonds is 7. The summed E-state index contributed by atoms with van der Waals surface area (Å²) in [4.78, 5) is 0. The Balaban J connectivity index is 1.45. The molecule has 2 aromatic rings. The second-order valence-electron chi connectivity index (χ2n) is 5.16. The van der Waals surface area contributed by atoms with Gasteiger partial charge in [0.15, 0.2) is 0 Å². The Hall–Kier alpha value is -1.10. The molecule has 1 heterocycles. The molecule has 4 heteroatoms. The predicted molar refractivity (Wildman–Crippen MR) is 81.2 cm³/mol. The van der Waals surface area contributed by atoms with E-state index >= 15 is 0 Å². The van der Waals surface area contributed by atoms with Crippen LogP contribution >= 0.6 is 15.9 Å². The van der Waals surface area contributed by atoms with Crippen LogP contribution in [0.3, 0.4) is 0 Å². The molecule has 1 N–H and O–H groups in total. The van der Waals surface area contributed by atoms with E-state index in [1.165, 1.54) is 18.4 Å². The van der Waals surface area contributed by atoms with Crippen molar-refractivity contribution >= 4 is 15.9 Å². The molecule has 0 saturated heterocycles. The molecule has 0 atom stereocenters. The number of hydrogen-bond acceptors (Lipinski definition) is 3. The Morgan fingerprint density at radius 1 is 1.25 bits per heavy atom. The standard InChI is InChI=1S/C16H18BrNO2/c17-16-4-2-1-3-13(16)10-19-11-15-7-12(9-20-15)8-18-14-5-6-14/h1-4,7,9,14,18H,5-6,8,10-11H2. The molecule has 1 aromatic heterocycles. The van der Waals surface area contributed by atoms with Crippen LogP contribution in [0.25, 0.3) is 0 Å². The molecule has 3 rings (SSSR count). The molecule has 0 radical (unpaired) electrons. The van der Waals surface area contributed by atoms with E-state index < -0.39 is 0 Å². The molecule has 0 aliphatic heterocycles. The van der Waals surface area contributed by atoms with Crippen LogP contribution in [0.5, 0.6) is 0 Å². The fraction of sp³-hybridized carbons (Fsp3) is 0.375. The molecule has 20 heavy (non-hydrogen) atoms. The Morgan fingerprint density at radius 3 is 2.90 bits per heavy atom. The van der Waals surface area contributed by atoms with Crippen molar-refractivity contribution in [2.75, 3.05) is 0 Å². The molecule has 1 aliphatic rings. The third kappa shape index (κ3) is 3.95. The van der Waals surface area contributed by atoms with Crippen LogP contribution < -0.4 is 5.32 Å². The SMILES string of the molecule is Brc1ccccc1COCc1cc(CNC2CC2)co1. The van der Waals surface area contributed by atoms with Gasteiger partial charge in [-0.1, -0.05) is 34.1 Å². The van der Waals surface area contributed by atoms with Crippen LogP contribution in [0.4, 0.5) is 0 Å². The lowest BCUT2D eigenvalue weighted by Gasteiger charge is -2.04. The van der Waals surface area contributed by atoms with Crippen LogP contribution in [-0.4, -0.2) is 6.04 Å². The van der Waals surface area contributed by atoms with Gasteiger partial charge in [-0.15, -0.1) is 0 Å². The minimum atomic E-state index is 0.505. The molecule has 0 amide bonds. The van der Waals surface area contributed by atoms with Crippen LogP contribution in [-0.2, 0) is 24.5 Å². The summed E-state index contributed by atoms with van der Waals surface area (Å²) in [7, 11) is 0. The second-order valence-corrected chi connectivity index (χ2v) is 6.01. The first-order valence-electron chi connectivity index (χ1n) is 6.92. The van der Waals surface area contributed by atoms with E-state index in [2.05, 4.69) is 33.4 Å². The number of hydrogen-bond donors (Lipinski definition) is 1. The van der Waals surface area contributed by atoms with Gasteiger partial charge in [-0.05, 0) is 30.5 Å². The van der Waals surface area contributed by atoms with Gasteiger partial charge in [-0.25, -0.2) is 0 Å². The summed E-state index contributed by atoms with van der Waals surface area (Å²) in [5.74, 6) is 0.879. The zero-order valence-electron chi connectivity index (χ0n) is 11.3. The maximum absolute atomic E-state index is 5.69. The normalized spacial score (nSPS) is 14.7. The number of ether oxygens (including phenoxy) is 1. The predicted octanol–water partition coefficient (Wildman–Crippen LogP) is 4.01. The Bertz CT molecular complexity index is 563. The van der Waals surface area contributed by atoms with Gasteiger partial charge in [0, 0.05) is 22.6 Å². The fourth-order valence-corrected chi connectivity index (χ4v) is 2.42. The van der Waals surface area contributed by atoms with Gasteiger partial charge in [0.2, 0.25) is 0 Å². The second kappa shape index (κ2) is 6.57. The first kappa shape index (κ1) is 13.9. The summed E-state index contributed by atoms with van der Waals surface area (Å²) in [5, 5.41) is 3.47. The van der Waals surface area contributed by atoms with Crippen molar-refractivity contribution in [1.29, 1.82) is 0 Å². The Kier molecular flexibility index (Phi) is 4.55. The van der Waals surface area contributed by atoms with E-state index in [1.807, 2.05) is 24.5 Å². The molecule has 0 spiro atoms. The van der Waals surface area contributed by atoms with Crippen LogP contribution in [0.15, 0.2) is 45.5 Å². The monoisotopic (exact) mass is 335 g/mol. The maximum atomic E-state index is 5.69. The fourth-order valence-electron chi connectivity index (χ4n) is 2.02. The highest BCUT2D eigenvalue weighted by atomic mass is 79.9. The third-order valence-corrected chi connectivity index (χ3v) is 4.11. The first-order chi connectivity index (χ1) is 9.81. The van der Waals surface area contributed by atoms with Crippen molar-refractivity contribution in [3.8, 4) is 0 Å². The summed E-state index contributed by atoms with van der Waals surface area (Å²) >= 11 is 3.52. The molecule has 0 bridgehead atoms.